The number of nitrogens with one attached hydrogen (secondary N) is 2. The van der Waals surface area contributed by atoms with E-state index < -0.39 is 0 Å². The molecule has 0 aliphatic carbocycles. The van der Waals surface area contributed by atoms with Crippen LogP contribution in [0.1, 0.15) is 25.7 Å². The normalized spacial score (nSPS) is 32.7. The molecule has 86 valence electrons. The molecule has 2 bridgehead atoms. The van der Waals surface area contributed by atoms with Crippen molar-refractivity contribution in [1.29, 1.82) is 0 Å². The van der Waals surface area contributed by atoms with Gasteiger partial charge in [0.25, 0.3) is 0 Å². The predicted octanol–water partition coefficient (Wildman–Crippen LogP) is 1.92. The van der Waals surface area contributed by atoms with Gasteiger partial charge in [-0.05, 0) is 37.8 Å². The summed E-state index contributed by atoms with van der Waals surface area (Å²) in [6.45, 7) is 0. The Bertz CT molecular complexity index is 353. The van der Waals surface area contributed by atoms with E-state index in [0.29, 0.717) is 18.1 Å². The zero-order chi connectivity index (χ0) is 11.0. The standard InChI is InChI=1S/C12H16FN3/c13-8-1-4-12(14-7-8)16-11-5-9-2-3-10(6-11)15-9/h1,4,7,9-11,15H,2-3,5-6H2,(H,14,16). The van der Waals surface area contributed by atoms with Crippen molar-refractivity contribution in [3.8, 4) is 0 Å². The number of halogens is 1. The van der Waals surface area contributed by atoms with Crippen molar-refractivity contribution < 1.29 is 4.39 Å². The average molecular weight is 221 g/mol. The lowest BCUT2D eigenvalue weighted by atomic mass is 10.00. The maximum Gasteiger partial charge on any atom is 0.141 e. The van der Waals surface area contributed by atoms with Crippen molar-refractivity contribution in [1.82, 2.24) is 10.3 Å². The van der Waals surface area contributed by atoms with Crippen LogP contribution in [0, 0.1) is 5.82 Å². The van der Waals surface area contributed by atoms with E-state index in [1.54, 1.807) is 6.07 Å². The highest BCUT2D eigenvalue weighted by Crippen LogP contribution is 2.28. The van der Waals surface area contributed by atoms with E-state index in [1.165, 1.54) is 25.1 Å². The van der Waals surface area contributed by atoms with E-state index in [-0.39, 0.29) is 5.82 Å². The van der Waals surface area contributed by atoms with E-state index in [4.69, 9.17) is 0 Å². The lowest BCUT2D eigenvalue weighted by Crippen LogP contribution is -2.43. The topological polar surface area (TPSA) is 37.0 Å². The first-order valence-corrected chi connectivity index (χ1v) is 5.94. The summed E-state index contributed by atoms with van der Waals surface area (Å²) in [7, 11) is 0. The molecule has 16 heavy (non-hydrogen) atoms. The molecule has 0 aromatic carbocycles. The van der Waals surface area contributed by atoms with Crippen LogP contribution < -0.4 is 10.6 Å². The molecule has 0 amide bonds. The summed E-state index contributed by atoms with van der Waals surface area (Å²) in [6.07, 6.45) is 6.14. The zero-order valence-electron chi connectivity index (χ0n) is 9.12. The molecular weight excluding hydrogens is 205 g/mol. The fourth-order valence-electron chi connectivity index (χ4n) is 2.85. The van der Waals surface area contributed by atoms with Gasteiger partial charge in [0.2, 0.25) is 0 Å². The second-order valence-corrected chi connectivity index (χ2v) is 4.81. The van der Waals surface area contributed by atoms with Gasteiger partial charge in [0.1, 0.15) is 11.6 Å². The summed E-state index contributed by atoms with van der Waals surface area (Å²) in [5.41, 5.74) is 0. The first kappa shape index (κ1) is 10.0. The van der Waals surface area contributed by atoms with Crippen LogP contribution in [-0.2, 0) is 0 Å². The molecule has 3 rings (SSSR count). The SMILES string of the molecule is Fc1ccc(NC2CC3CCC(C2)N3)nc1. The van der Waals surface area contributed by atoms with Crippen molar-refractivity contribution in [3.63, 3.8) is 0 Å². The number of aromatic nitrogens is 1. The van der Waals surface area contributed by atoms with E-state index in [9.17, 15) is 4.39 Å². The van der Waals surface area contributed by atoms with E-state index in [0.717, 1.165) is 18.7 Å². The van der Waals surface area contributed by atoms with Crippen molar-refractivity contribution in [2.24, 2.45) is 0 Å². The number of hydrogen-bond donors (Lipinski definition) is 2. The number of piperidine rings is 1. The van der Waals surface area contributed by atoms with Crippen LogP contribution >= 0.6 is 0 Å². The van der Waals surface area contributed by atoms with Gasteiger partial charge >= 0.3 is 0 Å². The second-order valence-electron chi connectivity index (χ2n) is 4.81. The molecule has 2 atom stereocenters. The third-order valence-corrected chi connectivity index (χ3v) is 3.55. The number of pyridine rings is 1. The fraction of sp³-hybridized carbons (Fsp3) is 0.583. The Hall–Kier alpha value is -1.16. The average Bonchev–Trinajstić information content (AvgIpc) is 2.62. The van der Waals surface area contributed by atoms with Gasteiger partial charge in [0.05, 0.1) is 6.20 Å². The summed E-state index contributed by atoms with van der Waals surface area (Å²) < 4.78 is 12.7. The first-order chi connectivity index (χ1) is 7.79. The highest BCUT2D eigenvalue weighted by atomic mass is 19.1. The molecule has 2 aliphatic rings. The number of nitrogens with zero attached hydrogens (tertiary/aromatic N) is 1. The summed E-state index contributed by atoms with van der Waals surface area (Å²) in [5, 5.41) is 6.99. The lowest BCUT2D eigenvalue weighted by Gasteiger charge is -2.30. The summed E-state index contributed by atoms with van der Waals surface area (Å²) in [6, 6.07) is 4.97. The maximum atomic E-state index is 12.7. The molecule has 0 saturated carbocycles. The minimum absolute atomic E-state index is 0.282. The van der Waals surface area contributed by atoms with Crippen LogP contribution in [0.4, 0.5) is 10.2 Å². The smallest absolute Gasteiger partial charge is 0.141 e. The maximum absolute atomic E-state index is 12.7. The van der Waals surface area contributed by atoms with Crippen LogP contribution in [0.25, 0.3) is 0 Å². The second kappa shape index (κ2) is 4.01. The number of fused-ring (bicyclic) bond motifs is 2. The van der Waals surface area contributed by atoms with Gasteiger partial charge in [0, 0.05) is 18.1 Å². The van der Waals surface area contributed by atoms with Gasteiger partial charge < -0.3 is 10.6 Å². The Morgan fingerprint density at radius 2 is 2.00 bits per heavy atom. The van der Waals surface area contributed by atoms with Gasteiger partial charge in [-0.2, -0.15) is 0 Å². The van der Waals surface area contributed by atoms with Crippen LogP contribution in [0.3, 0.4) is 0 Å². The summed E-state index contributed by atoms with van der Waals surface area (Å²) in [4.78, 5) is 4.04. The highest BCUT2D eigenvalue weighted by Gasteiger charge is 2.33. The third kappa shape index (κ3) is 2.02. The van der Waals surface area contributed by atoms with Crippen molar-refractivity contribution in [3.05, 3.63) is 24.1 Å². The van der Waals surface area contributed by atoms with Gasteiger partial charge in [-0.15, -0.1) is 0 Å². The van der Waals surface area contributed by atoms with Gasteiger partial charge in [-0.25, -0.2) is 9.37 Å². The van der Waals surface area contributed by atoms with Gasteiger partial charge in [0.15, 0.2) is 0 Å². The largest absolute Gasteiger partial charge is 0.367 e. The summed E-state index contributed by atoms with van der Waals surface area (Å²) in [5.74, 6) is 0.503. The van der Waals surface area contributed by atoms with Crippen LogP contribution in [-0.4, -0.2) is 23.1 Å². The molecule has 1 aromatic rings. The number of hydrogen-bond acceptors (Lipinski definition) is 3. The Morgan fingerprint density at radius 1 is 1.25 bits per heavy atom. The number of rotatable bonds is 2. The Morgan fingerprint density at radius 3 is 2.62 bits per heavy atom. The van der Waals surface area contributed by atoms with Gasteiger partial charge in [-0.3, -0.25) is 0 Å². The molecule has 2 unspecified atom stereocenters. The number of anilines is 1. The molecule has 4 heteroatoms. The fourth-order valence-corrected chi connectivity index (χ4v) is 2.85. The molecule has 2 saturated heterocycles. The molecule has 2 N–H and O–H groups in total. The molecule has 1 aromatic heterocycles. The Balaban J connectivity index is 1.64. The van der Waals surface area contributed by atoms with Crippen LogP contribution in [0.2, 0.25) is 0 Å². The molecule has 0 radical (unpaired) electrons. The zero-order valence-corrected chi connectivity index (χ0v) is 9.12. The van der Waals surface area contributed by atoms with E-state index in [2.05, 4.69) is 15.6 Å². The van der Waals surface area contributed by atoms with Gasteiger partial charge in [-0.1, -0.05) is 0 Å². The van der Waals surface area contributed by atoms with Crippen LogP contribution in [0.15, 0.2) is 18.3 Å². The Labute approximate surface area is 94.5 Å². The lowest BCUT2D eigenvalue weighted by molar-refractivity contribution is 0.377. The van der Waals surface area contributed by atoms with E-state index in [1.807, 2.05) is 0 Å². The minimum atomic E-state index is -0.282. The highest BCUT2D eigenvalue weighted by molar-refractivity contribution is 5.35. The van der Waals surface area contributed by atoms with Crippen molar-refractivity contribution in [2.75, 3.05) is 5.32 Å². The monoisotopic (exact) mass is 221 g/mol. The Kier molecular flexibility index (Phi) is 2.52. The van der Waals surface area contributed by atoms with E-state index >= 15 is 0 Å². The molecule has 2 fully saturated rings. The predicted molar refractivity (Wildman–Crippen MR) is 60.8 cm³/mol. The summed E-state index contributed by atoms with van der Waals surface area (Å²) >= 11 is 0. The third-order valence-electron chi connectivity index (χ3n) is 3.55. The molecular formula is C12H16FN3. The molecule has 3 heterocycles. The minimum Gasteiger partial charge on any atom is -0.367 e. The molecule has 2 aliphatic heterocycles. The van der Waals surface area contributed by atoms with Crippen molar-refractivity contribution >= 4 is 5.82 Å². The molecule has 0 spiro atoms. The van der Waals surface area contributed by atoms with Crippen molar-refractivity contribution in [2.45, 2.75) is 43.8 Å². The first-order valence-electron chi connectivity index (χ1n) is 5.94. The van der Waals surface area contributed by atoms with Crippen LogP contribution in [0.5, 0.6) is 0 Å². The molecule has 3 nitrogen and oxygen atoms in total. The quantitative estimate of drug-likeness (QED) is 0.801.